The van der Waals surface area contributed by atoms with Crippen LogP contribution >= 0.6 is 35.3 Å². The minimum Gasteiger partial charge on any atom is -0.352 e. The van der Waals surface area contributed by atoms with Gasteiger partial charge in [0.1, 0.15) is 5.01 Å². The van der Waals surface area contributed by atoms with Crippen LogP contribution in [-0.2, 0) is 23.1 Å². The van der Waals surface area contributed by atoms with Crippen molar-refractivity contribution in [2.75, 3.05) is 7.05 Å². The molecule has 1 aromatic carbocycles. The van der Waals surface area contributed by atoms with Crippen LogP contribution in [0.1, 0.15) is 41.9 Å². The van der Waals surface area contributed by atoms with Crippen LogP contribution in [0.3, 0.4) is 0 Å². The van der Waals surface area contributed by atoms with E-state index in [1.807, 2.05) is 40.7 Å². The molecule has 0 saturated heterocycles. The van der Waals surface area contributed by atoms with Gasteiger partial charge < -0.3 is 10.6 Å². The fraction of sp³-hybridized carbons (Fsp3) is 0.474. The molecule has 0 aliphatic carbocycles. The van der Waals surface area contributed by atoms with Crippen molar-refractivity contribution < 1.29 is 8.42 Å². The lowest BCUT2D eigenvalue weighted by atomic mass is 10.1. The standard InChI is InChI=1S/C19H29N5O2S2.HI/c1-13-14(2)27-17(23-13)12-22-18(20-6)21-11-15-9-7-8-10-16(15)28(25,26)24-19(3,4)5;/h7-10,24H,11-12H2,1-6H3,(H2,20,21,22);1H. The zero-order valence-corrected chi connectivity index (χ0v) is 21.6. The van der Waals surface area contributed by atoms with Crippen molar-refractivity contribution in [2.45, 2.75) is 58.1 Å². The number of hydrogen-bond acceptors (Lipinski definition) is 5. The molecule has 1 heterocycles. The van der Waals surface area contributed by atoms with Gasteiger partial charge in [0.15, 0.2) is 5.96 Å². The highest BCUT2D eigenvalue weighted by molar-refractivity contribution is 14.0. The predicted octanol–water partition coefficient (Wildman–Crippen LogP) is 3.32. The summed E-state index contributed by atoms with van der Waals surface area (Å²) in [6.07, 6.45) is 0. The van der Waals surface area contributed by atoms with Crippen molar-refractivity contribution in [3.63, 3.8) is 0 Å². The van der Waals surface area contributed by atoms with Gasteiger partial charge in [0.25, 0.3) is 0 Å². The second-order valence-corrected chi connectivity index (χ2v) is 10.4. The Balaban J connectivity index is 0.00000420. The van der Waals surface area contributed by atoms with Crippen LogP contribution in [0.2, 0.25) is 0 Å². The molecule has 0 radical (unpaired) electrons. The van der Waals surface area contributed by atoms with Gasteiger partial charge in [-0.1, -0.05) is 18.2 Å². The van der Waals surface area contributed by atoms with Crippen LogP contribution in [0, 0.1) is 13.8 Å². The largest absolute Gasteiger partial charge is 0.352 e. The number of aromatic nitrogens is 1. The summed E-state index contributed by atoms with van der Waals surface area (Å²) in [6.45, 7) is 10.4. The molecule has 0 unspecified atom stereocenters. The maximum absolute atomic E-state index is 12.7. The number of guanidine groups is 1. The number of halogens is 1. The molecule has 0 amide bonds. The summed E-state index contributed by atoms with van der Waals surface area (Å²) in [6, 6.07) is 6.96. The average molecular weight is 552 g/mol. The predicted molar refractivity (Wildman–Crippen MR) is 131 cm³/mol. The van der Waals surface area contributed by atoms with Gasteiger partial charge in [0.2, 0.25) is 10.0 Å². The molecule has 2 aromatic rings. The lowest BCUT2D eigenvalue weighted by molar-refractivity contribution is 0.491. The minimum atomic E-state index is -3.62. The van der Waals surface area contributed by atoms with E-state index in [1.54, 1.807) is 36.6 Å². The molecule has 162 valence electrons. The molecule has 0 saturated carbocycles. The Morgan fingerprint density at radius 1 is 1.14 bits per heavy atom. The molecule has 10 heteroatoms. The Bertz CT molecular complexity index is 930. The maximum atomic E-state index is 12.7. The number of rotatable bonds is 6. The van der Waals surface area contributed by atoms with Crippen LogP contribution in [0.15, 0.2) is 34.2 Å². The van der Waals surface area contributed by atoms with E-state index in [0.29, 0.717) is 24.6 Å². The van der Waals surface area contributed by atoms with Crippen LogP contribution in [-0.4, -0.2) is 31.9 Å². The summed E-state index contributed by atoms with van der Waals surface area (Å²) in [5.74, 6) is 0.585. The van der Waals surface area contributed by atoms with Crippen molar-refractivity contribution >= 4 is 51.3 Å². The van der Waals surface area contributed by atoms with Crippen molar-refractivity contribution in [2.24, 2.45) is 4.99 Å². The van der Waals surface area contributed by atoms with Crippen LogP contribution in [0.4, 0.5) is 0 Å². The zero-order valence-electron chi connectivity index (χ0n) is 17.7. The number of nitrogens with one attached hydrogen (secondary N) is 3. The van der Waals surface area contributed by atoms with Crippen LogP contribution in [0.5, 0.6) is 0 Å². The van der Waals surface area contributed by atoms with E-state index in [4.69, 9.17) is 0 Å². The molecule has 29 heavy (non-hydrogen) atoms. The van der Waals surface area contributed by atoms with Gasteiger partial charge in [-0.25, -0.2) is 18.1 Å². The van der Waals surface area contributed by atoms with E-state index in [-0.39, 0.29) is 28.9 Å². The van der Waals surface area contributed by atoms with Crippen molar-refractivity contribution in [1.82, 2.24) is 20.3 Å². The molecule has 0 fully saturated rings. The third-order valence-corrected chi connectivity index (χ3v) is 6.78. The third kappa shape index (κ3) is 7.83. The Labute approximate surface area is 194 Å². The van der Waals surface area contributed by atoms with Gasteiger partial charge in [0, 0.05) is 24.0 Å². The Morgan fingerprint density at radius 3 is 2.31 bits per heavy atom. The maximum Gasteiger partial charge on any atom is 0.241 e. The molecule has 0 aliphatic rings. The highest BCUT2D eigenvalue weighted by atomic mass is 127. The molecule has 0 atom stereocenters. The van der Waals surface area contributed by atoms with Gasteiger partial charge in [0.05, 0.1) is 17.1 Å². The number of nitrogens with zero attached hydrogens (tertiary/aromatic N) is 2. The van der Waals surface area contributed by atoms with Gasteiger partial charge in [-0.15, -0.1) is 35.3 Å². The first kappa shape index (κ1) is 25.8. The Hall–Kier alpha value is -1.24. The Morgan fingerprint density at radius 2 is 1.76 bits per heavy atom. The van der Waals surface area contributed by atoms with E-state index in [2.05, 4.69) is 25.3 Å². The van der Waals surface area contributed by atoms with Crippen molar-refractivity contribution in [3.05, 3.63) is 45.4 Å². The molecule has 7 nitrogen and oxygen atoms in total. The summed E-state index contributed by atoms with van der Waals surface area (Å²) in [7, 11) is -1.94. The lowest BCUT2D eigenvalue weighted by Gasteiger charge is -2.22. The van der Waals surface area contributed by atoms with Crippen LogP contribution < -0.4 is 15.4 Å². The fourth-order valence-corrected chi connectivity index (χ4v) is 5.08. The summed E-state index contributed by atoms with van der Waals surface area (Å²) in [5.41, 5.74) is 1.15. The quantitative estimate of drug-likeness (QED) is 0.291. The second kappa shape index (κ2) is 10.7. The number of benzene rings is 1. The second-order valence-electron chi connectivity index (χ2n) is 7.49. The van der Waals surface area contributed by atoms with E-state index in [9.17, 15) is 8.42 Å². The van der Waals surface area contributed by atoms with Crippen LogP contribution in [0.25, 0.3) is 0 Å². The topological polar surface area (TPSA) is 95.5 Å². The SMILES string of the molecule is CN=C(NCc1nc(C)c(C)s1)NCc1ccccc1S(=O)(=O)NC(C)(C)C.I. The highest BCUT2D eigenvalue weighted by Crippen LogP contribution is 2.18. The molecule has 1 aromatic heterocycles. The average Bonchev–Trinajstić information content (AvgIpc) is 2.91. The molecule has 0 spiro atoms. The summed E-state index contributed by atoms with van der Waals surface area (Å²) >= 11 is 1.65. The molecule has 0 aliphatic heterocycles. The first-order chi connectivity index (χ1) is 13.0. The molecular weight excluding hydrogens is 521 g/mol. The smallest absolute Gasteiger partial charge is 0.241 e. The summed E-state index contributed by atoms with van der Waals surface area (Å²) in [4.78, 5) is 10.2. The summed E-state index contributed by atoms with van der Waals surface area (Å²) in [5, 5.41) is 7.37. The fourth-order valence-electron chi connectivity index (χ4n) is 2.54. The number of sulfonamides is 1. The van der Waals surface area contributed by atoms with Gasteiger partial charge in [-0.2, -0.15) is 0 Å². The number of thiazole rings is 1. The lowest BCUT2D eigenvalue weighted by Crippen LogP contribution is -2.41. The van der Waals surface area contributed by atoms with Gasteiger partial charge in [-0.3, -0.25) is 4.99 Å². The monoisotopic (exact) mass is 551 g/mol. The zero-order chi connectivity index (χ0) is 20.9. The minimum absolute atomic E-state index is 0. The van der Waals surface area contributed by atoms with E-state index in [0.717, 1.165) is 10.7 Å². The number of hydrogen-bond donors (Lipinski definition) is 3. The van der Waals surface area contributed by atoms with Gasteiger partial charge >= 0.3 is 0 Å². The first-order valence-corrected chi connectivity index (χ1v) is 11.3. The highest BCUT2D eigenvalue weighted by Gasteiger charge is 2.24. The third-order valence-electron chi connectivity index (χ3n) is 3.85. The number of aryl methyl sites for hydroxylation is 2. The van der Waals surface area contributed by atoms with Gasteiger partial charge in [-0.05, 0) is 46.2 Å². The first-order valence-electron chi connectivity index (χ1n) is 9.01. The molecule has 3 N–H and O–H groups in total. The van der Waals surface area contributed by atoms with Crippen molar-refractivity contribution in [3.8, 4) is 0 Å². The molecular formula is C19H30IN5O2S2. The van der Waals surface area contributed by atoms with E-state index >= 15 is 0 Å². The van der Waals surface area contributed by atoms with E-state index < -0.39 is 15.6 Å². The van der Waals surface area contributed by atoms with Crippen molar-refractivity contribution in [1.29, 1.82) is 0 Å². The van der Waals surface area contributed by atoms with E-state index in [1.165, 1.54) is 4.88 Å². The summed E-state index contributed by atoms with van der Waals surface area (Å²) < 4.78 is 28.2. The molecule has 0 bridgehead atoms. The Kier molecular flexibility index (Phi) is 9.51. The molecule has 2 rings (SSSR count). The normalized spacial score (nSPS) is 12.4. The number of aliphatic imine (C=N–C) groups is 1.